The molecular formula is C15H15ClFNO2S. The Morgan fingerprint density at radius 2 is 2.29 bits per heavy atom. The number of nitrogens with zero attached hydrogens (tertiary/aromatic N) is 1. The van der Waals surface area contributed by atoms with Crippen LogP contribution in [-0.2, 0) is 0 Å². The van der Waals surface area contributed by atoms with Gasteiger partial charge in [0.15, 0.2) is 0 Å². The van der Waals surface area contributed by atoms with Crippen molar-refractivity contribution in [2.45, 2.75) is 19.4 Å². The molecule has 1 amide bonds. The lowest BCUT2D eigenvalue weighted by Crippen LogP contribution is -2.45. The van der Waals surface area contributed by atoms with Gasteiger partial charge in [0.2, 0.25) is 0 Å². The first-order valence-electron chi connectivity index (χ1n) is 6.82. The zero-order valence-electron chi connectivity index (χ0n) is 11.5. The Balaban J connectivity index is 1.93. The molecule has 0 bridgehead atoms. The van der Waals surface area contributed by atoms with Crippen molar-refractivity contribution in [2.75, 3.05) is 13.1 Å². The first-order chi connectivity index (χ1) is 9.97. The van der Waals surface area contributed by atoms with Gasteiger partial charge in [-0.25, -0.2) is 4.39 Å². The van der Waals surface area contributed by atoms with Crippen molar-refractivity contribution >= 4 is 38.9 Å². The fourth-order valence-electron chi connectivity index (χ4n) is 2.55. The number of amides is 1. The van der Waals surface area contributed by atoms with E-state index in [2.05, 4.69) is 0 Å². The van der Waals surface area contributed by atoms with E-state index in [1.54, 1.807) is 11.0 Å². The van der Waals surface area contributed by atoms with Crippen molar-refractivity contribution in [3.63, 3.8) is 0 Å². The van der Waals surface area contributed by atoms with Crippen LogP contribution in [0.2, 0.25) is 5.02 Å². The number of carbonyl (C=O) groups excluding carboxylic acids is 1. The molecule has 1 aliphatic heterocycles. The summed E-state index contributed by atoms with van der Waals surface area (Å²) in [4.78, 5) is 14.6. The van der Waals surface area contributed by atoms with Gasteiger partial charge in [0.05, 0.1) is 11.1 Å². The van der Waals surface area contributed by atoms with Crippen molar-refractivity contribution in [3.05, 3.63) is 33.9 Å². The molecule has 112 valence electrons. The molecule has 6 heteroatoms. The standard InChI is InChI=1S/C15H15ClFNO2S/c1-8-4-5-18(7-11(8)19)15(20)14-13(16)10-3-2-9(17)6-12(10)21-14/h2-3,6,8,11,19H,4-5,7H2,1H3. The van der Waals surface area contributed by atoms with E-state index in [0.29, 0.717) is 33.1 Å². The number of halogens is 2. The molecule has 1 N–H and O–H groups in total. The van der Waals surface area contributed by atoms with Gasteiger partial charge in [0.1, 0.15) is 10.7 Å². The van der Waals surface area contributed by atoms with Crippen LogP contribution in [0.3, 0.4) is 0 Å². The van der Waals surface area contributed by atoms with Gasteiger partial charge in [-0.05, 0) is 30.5 Å². The van der Waals surface area contributed by atoms with Crippen LogP contribution in [0.5, 0.6) is 0 Å². The quantitative estimate of drug-likeness (QED) is 0.870. The third kappa shape index (κ3) is 2.65. The molecule has 1 aromatic heterocycles. The second-order valence-electron chi connectivity index (χ2n) is 5.47. The van der Waals surface area contributed by atoms with Crippen LogP contribution in [0.1, 0.15) is 23.0 Å². The molecule has 2 atom stereocenters. The molecule has 3 rings (SSSR count). The van der Waals surface area contributed by atoms with Gasteiger partial charge >= 0.3 is 0 Å². The number of β-amino-alcohol motifs (C(OH)–C–C–N with tert-alkyl or cyclic N) is 1. The van der Waals surface area contributed by atoms with E-state index in [-0.39, 0.29) is 17.6 Å². The number of benzene rings is 1. The molecule has 2 heterocycles. The van der Waals surface area contributed by atoms with Crippen LogP contribution >= 0.6 is 22.9 Å². The van der Waals surface area contributed by atoms with E-state index in [1.165, 1.54) is 23.5 Å². The minimum absolute atomic E-state index is 0.187. The summed E-state index contributed by atoms with van der Waals surface area (Å²) in [6.07, 6.45) is 0.262. The number of thiophene rings is 1. The lowest BCUT2D eigenvalue weighted by Gasteiger charge is -2.34. The van der Waals surface area contributed by atoms with E-state index >= 15 is 0 Å². The summed E-state index contributed by atoms with van der Waals surface area (Å²) in [5.74, 6) is -0.338. The van der Waals surface area contributed by atoms with E-state index in [0.717, 1.165) is 6.42 Å². The minimum Gasteiger partial charge on any atom is -0.391 e. The highest BCUT2D eigenvalue weighted by atomic mass is 35.5. The van der Waals surface area contributed by atoms with E-state index in [9.17, 15) is 14.3 Å². The summed E-state index contributed by atoms with van der Waals surface area (Å²) in [5.41, 5.74) is 0. The molecule has 0 saturated carbocycles. The van der Waals surface area contributed by atoms with Crippen LogP contribution in [-0.4, -0.2) is 35.1 Å². The zero-order valence-corrected chi connectivity index (χ0v) is 13.0. The Hall–Kier alpha value is -1.17. The predicted molar refractivity (Wildman–Crippen MR) is 82.5 cm³/mol. The van der Waals surface area contributed by atoms with Crippen LogP contribution in [0.25, 0.3) is 10.1 Å². The fourth-order valence-corrected chi connectivity index (χ4v) is 4.06. The number of piperidine rings is 1. The second-order valence-corrected chi connectivity index (χ2v) is 6.90. The lowest BCUT2D eigenvalue weighted by molar-refractivity contribution is 0.0251. The largest absolute Gasteiger partial charge is 0.391 e. The summed E-state index contributed by atoms with van der Waals surface area (Å²) in [5, 5.41) is 11.0. The highest BCUT2D eigenvalue weighted by Crippen LogP contribution is 2.37. The number of likely N-dealkylation sites (tertiary alicyclic amines) is 1. The van der Waals surface area contributed by atoms with E-state index in [1.807, 2.05) is 6.92 Å². The number of hydrogen-bond donors (Lipinski definition) is 1. The summed E-state index contributed by atoms with van der Waals surface area (Å²) in [6.45, 7) is 2.90. The number of hydrogen-bond acceptors (Lipinski definition) is 3. The van der Waals surface area contributed by atoms with Crippen molar-refractivity contribution in [1.82, 2.24) is 4.90 Å². The Morgan fingerprint density at radius 3 is 3.00 bits per heavy atom. The smallest absolute Gasteiger partial charge is 0.265 e. The Labute approximate surface area is 130 Å². The molecule has 0 radical (unpaired) electrons. The number of aliphatic hydroxyl groups excluding tert-OH is 1. The first-order valence-corrected chi connectivity index (χ1v) is 8.01. The van der Waals surface area contributed by atoms with E-state index < -0.39 is 6.10 Å². The van der Waals surface area contributed by atoms with Crippen LogP contribution in [0, 0.1) is 11.7 Å². The highest BCUT2D eigenvalue weighted by molar-refractivity contribution is 7.21. The topological polar surface area (TPSA) is 40.5 Å². The minimum atomic E-state index is -0.506. The van der Waals surface area contributed by atoms with Crippen LogP contribution in [0.15, 0.2) is 18.2 Å². The number of fused-ring (bicyclic) bond motifs is 1. The van der Waals surface area contributed by atoms with Crippen molar-refractivity contribution in [3.8, 4) is 0 Å². The number of aliphatic hydroxyl groups is 1. The van der Waals surface area contributed by atoms with Crippen LogP contribution < -0.4 is 0 Å². The van der Waals surface area contributed by atoms with Gasteiger partial charge in [-0.1, -0.05) is 18.5 Å². The van der Waals surface area contributed by atoms with Crippen LogP contribution in [0.4, 0.5) is 4.39 Å². The zero-order chi connectivity index (χ0) is 15.1. The molecule has 1 fully saturated rings. The van der Waals surface area contributed by atoms with Gasteiger partial charge in [0, 0.05) is 23.2 Å². The maximum absolute atomic E-state index is 13.3. The average molecular weight is 328 g/mol. The fraction of sp³-hybridized carbons (Fsp3) is 0.400. The molecule has 3 nitrogen and oxygen atoms in total. The molecule has 1 aliphatic rings. The van der Waals surface area contributed by atoms with Crippen molar-refractivity contribution < 1.29 is 14.3 Å². The number of carbonyl (C=O) groups is 1. The Bertz CT molecular complexity index is 702. The summed E-state index contributed by atoms with van der Waals surface area (Å²) >= 11 is 7.46. The maximum Gasteiger partial charge on any atom is 0.265 e. The maximum atomic E-state index is 13.3. The van der Waals surface area contributed by atoms with Gasteiger partial charge in [0.25, 0.3) is 5.91 Å². The molecule has 1 saturated heterocycles. The normalized spacial score (nSPS) is 22.8. The second kappa shape index (κ2) is 5.55. The highest BCUT2D eigenvalue weighted by Gasteiger charge is 2.30. The van der Waals surface area contributed by atoms with Gasteiger partial charge < -0.3 is 10.0 Å². The van der Waals surface area contributed by atoms with E-state index in [4.69, 9.17) is 11.6 Å². The molecule has 0 aliphatic carbocycles. The van der Waals surface area contributed by atoms with Gasteiger partial charge in [-0.2, -0.15) is 0 Å². The Kier molecular flexibility index (Phi) is 3.90. The predicted octanol–water partition coefficient (Wildman–Crippen LogP) is 3.54. The number of rotatable bonds is 1. The van der Waals surface area contributed by atoms with Crippen molar-refractivity contribution in [2.24, 2.45) is 5.92 Å². The molecule has 21 heavy (non-hydrogen) atoms. The lowest BCUT2D eigenvalue weighted by atomic mass is 9.96. The molecule has 1 aromatic carbocycles. The molecule has 2 unspecified atom stereocenters. The Morgan fingerprint density at radius 1 is 1.52 bits per heavy atom. The third-order valence-electron chi connectivity index (χ3n) is 3.99. The summed E-state index contributed by atoms with van der Waals surface area (Å²) in [7, 11) is 0. The molecular weight excluding hydrogens is 313 g/mol. The van der Waals surface area contributed by atoms with Gasteiger partial charge in [-0.3, -0.25) is 4.79 Å². The summed E-state index contributed by atoms with van der Waals surface area (Å²) in [6, 6.07) is 4.31. The average Bonchev–Trinajstić information content (AvgIpc) is 2.77. The summed E-state index contributed by atoms with van der Waals surface area (Å²) < 4.78 is 13.9. The first kappa shape index (κ1) is 14.8. The SMILES string of the molecule is CC1CCN(C(=O)c2sc3cc(F)ccc3c2Cl)CC1O. The molecule has 2 aromatic rings. The molecule has 0 spiro atoms. The third-order valence-corrected chi connectivity index (χ3v) is 5.64. The van der Waals surface area contributed by atoms with Crippen molar-refractivity contribution in [1.29, 1.82) is 0 Å². The monoisotopic (exact) mass is 327 g/mol. The van der Waals surface area contributed by atoms with Gasteiger partial charge in [-0.15, -0.1) is 11.3 Å².